The van der Waals surface area contributed by atoms with Crippen LogP contribution in [0.4, 0.5) is 21.8 Å². The van der Waals surface area contributed by atoms with Crippen LogP contribution in [0.15, 0.2) is 30.5 Å². The van der Waals surface area contributed by atoms with E-state index in [2.05, 4.69) is 20.6 Å². The van der Waals surface area contributed by atoms with Gasteiger partial charge in [0.25, 0.3) is 0 Å². The van der Waals surface area contributed by atoms with E-state index in [4.69, 9.17) is 0 Å². The van der Waals surface area contributed by atoms with Crippen molar-refractivity contribution in [1.82, 2.24) is 9.97 Å². The Hall–Kier alpha value is -2.17. The number of aromatic nitrogens is 2. The molecule has 2 aromatic rings. The first-order valence-electron chi connectivity index (χ1n) is 5.79. The van der Waals surface area contributed by atoms with E-state index in [1.165, 1.54) is 0 Å². The molecule has 4 nitrogen and oxygen atoms in total. The van der Waals surface area contributed by atoms with E-state index >= 15 is 0 Å². The summed E-state index contributed by atoms with van der Waals surface area (Å²) >= 11 is 0. The Labute approximate surface area is 105 Å². The summed E-state index contributed by atoms with van der Waals surface area (Å²) in [5.74, 6) is 0.116. The normalized spacial score (nSPS) is 10.2. The summed E-state index contributed by atoms with van der Waals surface area (Å²) in [7, 11) is 0. The van der Waals surface area contributed by atoms with Gasteiger partial charge in [0.05, 0.1) is 6.20 Å². The molecule has 0 radical (unpaired) electrons. The minimum Gasteiger partial charge on any atom is -0.354 e. The summed E-state index contributed by atoms with van der Waals surface area (Å²) in [5, 5.41) is 5.92. The molecular weight excluding hydrogens is 231 g/mol. The molecule has 1 aromatic carbocycles. The highest BCUT2D eigenvalue weighted by Crippen LogP contribution is 2.21. The molecule has 1 heterocycles. The van der Waals surface area contributed by atoms with E-state index in [1.54, 1.807) is 0 Å². The summed E-state index contributed by atoms with van der Waals surface area (Å²) in [4.78, 5) is 7.95. The van der Waals surface area contributed by atoms with Gasteiger partial charge in [0.2, 0.25) is 5.95 Å². The average Bonchev–Trinajstić information content (AvgIpc) is 2.36. The second-order valence-electron chi connectivity index (χ2n) is 3.86. The van der Waals surface area contributed by atoms with E-state index in [-0.39, 0.29) is 5.82 Å². The van der Waals surface area contributed by atoms with E-state index in [0.29, 0.717) is 12.5 Å². The molecular formula is C13H15FN4. The van der Waals surface area contributed by atoms with Crippen LogP contribution in [-0.2, 0) is 0 Å². The number of aryl methyl sites for hydroxylation is 1. The summed E-state index contributed by atoms with van der Waals surface area (Å²) in [5.41, 5.74) is 1.86. The van der Waals surface area contributed by atoms with Gasteiger partial charge in [0, 0.05) is 12.2 Å². The van der Waals surface area contributed by atoms with Crippen molar-refractivity contribution in [2.24, 2.45) is 0 Å². The summed E-state index contributed by atoms with van der Waals surface area (Å²) in [6.07, 6.45) is 1.16. The van der Waals surface area contributed by atoms with Crippen LogP contribution in [0.25, 0.3) is 0 Å². The molecule has 1 aromatic heterocycles. The lowest BCUT2D eigenvalue weighted by molar-refractivity contribution is 0.619. The minimum absolute atomic E-state index is 0.176. The van der Waals surface area contributed by atoms with Crippen molar-refractivity contribution in [2.75, 3.05) is 17.2 Å². The molecule has 0 unspecified atom stereocenters. The predicted octanol–water partition coefficient (Wildman–Crippen LogP) is 3.10. The van der Waals surface area contributed by atoms with Crippen LogP contribution >= 0.6 is 0 Å². The maximum absolute atomic E-state index is 13.6. The quantitative estimate of drug-likeness (QED) is 0.870. The zero-order chi connectivity index (χ0) is 13.0. The number of hydrogen-bond acceptors (Lipinski definition) is 4. The summed E-state index contributed by atoms with van der Waals surface area (Å²) in [6, 6.07) is 7.65. The lowest BCUT2D eigenvalue weighted by Gasteiger charge is -2.10. The fraction of sp³-hybridized carbons (Fsp3) is 0.231. The minimum atomic E-state index is -0.472. The fourth-order valence-corrected chi connectivity index (χ4v) is 1.54. The molecule has 0 aliphatic heterocycles. The standard InChI is InChI=1S/C13H15FN4/c1-3-15-13-16-8-10(14)12(18-13)17-11-7-5-4-6-9(11)2/h4-8H,3H2,1-2H3,(H2,15,16,17,18). The van der Waals surface area contributed by atoms with Gasteiger partial charge in [-0.3, -0.25) is 0 Å². The number of para-hydroxylation sites is 1. The first-order valence-corrected chi connectivity index (χ1v) is 5.79. The van der Waals surface area contributed by atoms with Gasteiger partial charge in [-0.2, -0.15) is 4.98 Å². The van der Waals surface area contributed by atoms with Crippen molar-refractivity contribution in [3.63, 3.8) is 0 Å². The van der Waals surface area contributed by atoms with Gasteiger partial charge in [0.1, 0.15) is 0 Å². The molecule has 2 N–H and O–H groups in total. The van der Waals surface area contributed by atoms with Crippen molar-refractivity contribution in [3.05, 3.63) is 41.8 Å². The molecule has 0 saturated carbocycles. The SMILES string of the molecule is CCNc1ncc(F)c(Nc2ccccc2C)n1. The van der Waals surface area contributed by atoms with Gasteiger partial charge in [-0.25, -0.2) is 9.37 Å². The van der Waals surface area contributed by atoms with Crippen LogP contribution < -0.4 is 10.6 Å². The van der Waals surface area contributed by atoms with Gasteiger partial charge in [-0.15, -0.1) is 0 Å². The van der Waals surface area contributed by atoms with Crippen molar-refractivity contribution in [1.29, 1.82) is 0 Å². The van der Waals surface area contributed by atoms with Crippen LogP contribution in [0.3, 0.4) is 0 Å². The lowest BCUT2D eigenvalue weighted by atomic mass is 10.2. The number of halogens is 1. The molecule has 0 amide bonds. The summed E-state index contributed by atoms with van der Waals surface area (Å²) < 4.78 is 13.6. The number of anilines is 3. The third-order valence-corrected chi connectivity index (χ3v) is 2.48. The Balaban J connectivity index is 2.28. The smallest absolute Gasteiger partial charge is 0.224 e. The first kappa shape index (κ1) is 12.3. The molecule has 18 heavy (non-hydrogen) atoms. The van der Waals surface area contributed by atoms with Crippen LogP contribution in [0.1, 0.15) is 12.5 Å². The molecule has 0 bridgehead atoms. The Bertz CT molecular complexity index is 542. The number of nitrogens with zero attached hydrogens (tertiary/aromatic N) is 2. The average molecular weight is 246 g/mol. The molecule has 0 aliphatic rings. The highest BCUT2D eigenvalue weighted by Gasteiger charge is 2.07. The number of rotatable bonds is 4. The molecule has 0 aliphatic carbocycles. The highest BCUT2D eigenvalue weighted by molar-refractivity contribution is 5.61. The van der Waals surface area contributed by atoms with Crippen molar-refractivity contribution < 1.29 is 4.39 Å². The zero-order valence-electron chi connectivity index (χ0n) is 10.4. The van der Waals surface area contributed by atoms with E-state index in [0.717, 1.165) is 17.4 Å². The van der Waals surface area contributed by atoms with Gasteiger partial charge in [-0.1, -0.05) is 18.2 Å². The predicted molar refractivity (Wildman–Crippen MR) is 70.6 cm³/mol. The third kappa shape index (κ3) is 2.74. The van der Waals surface area contributed by atoms with Gasteiger partial charge in [-0.05, 0) is 25.5 Å². The fourth-order valence-electron chi connectivity index (χ4n) is 1.54. The maximum Gasteiger partial charge on any atom is 0.224 e. The van der Waals surface area contributed by atoms with Crippen LogP contribution in [-0.4, -0.2) is 16.5 Å². The molecule has 2 rings (SSSR count). The molecule has 0 spiro atoms. The van der Waals surface area contributed by atoms with E-state index < -0.39 is 5.82 Å². The van der Waals surface area contributed by atoms with Crippen molar-refractivity contribution in [2.45, 2.75) is 13.8 Å². The highest BCUT2D eigenvalue weighted by atomic mass is 19.1. The van der Waals surface area contributed by atoms with Gasteiger partial charge < -0.3 is 10.6 Å². The van der Waals surface area contributed by atoms with E-state index in [9.17, 15) is 4.39 Å². The van der Waals surface area contributed by atoms with Crippen LogP contribution in [0.5, 0.6) is 0 Å². The Morgan fingerprint density at radius 2 is 2.06 bits per heavy atom. The third-order valence-electron chi connectivity index (χ3n) is 2.48. The maximum atomic E-state index is 13.6. The van der Waals surface area contributed by atoms with Crippen LogP contribution in [0, 0.1) is 12.7 Å². The Kier molecular flexibility index (Phi) is 3.72. The van der Waals surface area contributed by atoms with Gasteiger partial charge >= 0.3 is 0 Å². The van der Waals surface area contributed by atoms with E-state index in [1.807, 2.05) is 38.1 Å². The zero-order valence-corrected chi connectivity index (χ0v) is 10.4. The second-order valence-corrected chi connectivity index (χ2v) is 3.86. The molecule has 0 atom stereocenters. The first-order chi connectivity index (χ1) is 8.70. The van der Waals surface area contributed by atoms with Gasteiger partial charge in [0.15, 0.2) is 11.6 Å². The number of benzene rings is 1. The molecule has 0 fully saturated rings. The molecule has 5 heteroatoms. The van der Waals surface area contributed by atoms with Crippen LogP contribution in [0.2, 0.25) is 0 Å². The topological polar surface area (TPSA) is 49.8 Å². The Morgan fingerprint density at radius 3 is 2.78 bits per heavy atom. The Morgan fingerprint density at radius 1 is 1.28 bits per heavy atom. The van der Waals surface area contributed by atoms with Crippen molar-refractivity contribution in [3.8, 4) is 0 Å². The molecule has 0 saturated heterocycles. The number of hydrogen-bond donors (Lipinski definition) is 2. The second kappa shape index (κ2) is 5.44. The summed E-state index contributed by atoms with van der Waals surface area (Å²) in [6.45, 7) is 4.57. The van der Waals surface area contributed by atoms with Crippen molar-refractivity contribution >= 4 is 17.5 Å². The lowest BCUT2D eigenvalue weighted by Crippen LogP contribution is -2.06. The molecule has 94 valence electrons. The number of nitrogens with one attached hydrogen (secondary N) is 2. The monoisotopic (exact) mass is 246 g/mol. The largest absolute Gasteiger partial charge is 0.354 e.